The summed E-state index contributed by atoms with van der Waals surface area (Å²) < 4.78 is 0. The standard InChI is InChI=1S/C15H25N3O/c1-4-9-18(5-2)10-8-17-13-6-7-15(16)14(11-13)12(3)19/h6-7,11,17H,4-5,8-10,16H2,1-3H3. The number of ketones is 1. The molecule has 0 radical (unpaired) electrons. The molecule has 4 nitrogen and oxygen atoms in total. The van der Waals surface area contributed by atoms with E-state index in [0.29, 0.717) is 11.3 Å². The number of likely N-dealkylation sites (N-methyl/N-ethyl adjacent to an activating group) is 1. The summed E-state index contributed by atoms with van der Waals surface area (Å²) in [6, 6.07) is 5.52. The number of carbonyl (C=O) groups is 1. The molecule has 0 spiro atoms. The molecule has 0 unspecified atom stereocenters. The van der Waals surface area contributed by atoms with E-state index in [1.165, 1.54) is 13.3 Å². The minimum absolute atomic E-state index is 0.00215. The number of hydrogen-bond donors (Lipinski definition) is 2. The Bertz CT molecular complexity index is 418. The number of Topliss-reactive ketones (excluding diaryl/α,β-unsaturated/α-hetero) is 1. The van der Waals surface area contributed by atoms with Crippen molar-refractivity contribution < 1.29 is 4.79 Å². The molecule has 0 bridgehead atoms. The van der Waals surface area contributed by atoms with Gasteiger partial charge in [0.15, 0.2) is 5.78 Å². The maximum absolute atomic E-state index is 11.4. The van der Waals surface area contributed by atoms with Gasteiger partial charge in [-0.2, -0.15) is 0 Å². The number of nitrogens with zero attached hydrogens (tertiary/aromatic N) is 1. The zero-order valence-corrected chi connectivity index (χ0v) is 12.2. The lowest BCUT2D eigenvalue weighted by atomic mass is 10.1. The molecule has 0 atom stereocenters. The van der Waals surface area contributed by atoms with Gasteiger partial charge >= 0.3 is 0 Å². The Kier molecular flexibility index (Phi) is 6.36. The Morgan fingerprint density at radius 2 is 2.05 bits per heavy atom. The molecular formula is C15H25N3O. The number of carbonyl (C=O) groups excluding carboxylic acids is 1. The third-order valence-corrected chi connectivity index (χ3v) is 3.18. The lowest BCUT2D eigenvalue weighted by Crippen LogP contribution is -2.29. The van der Waals surface area contributed by atoms with Crippen molar-refractivity contribution >= 4 is 17.2 Å². The van der Waals surface area contributed by atoms with Crippen LogP contribution in [-0.4, -0.2) is 36.9 Å². The third kappa shape index (κ3) is 4.91. The largest absolute Gasteiger partial charge is 0.398 e. The van der Waals surface area contributed by atoms with E-state index in [2.05, 4.69) is 24.1 Å². The molecular weight excluding hydrogens is 238 g/mol. The van der Waals surface area contributed by atoms with Crippen molar-refractivity contribution in [2.45, 2.75) is 27.2 Å². The summed E-state index contributed by atoms with van der Waals surface area (Å²) in [4.78, 5) is 13.8. The molecule has 1 rings (SSSR count). The van der Waals surface area contributed by atoms with E-state index in [9.17, 15) is 4.79 Å². The second kappa shape index (κ2) is 7.79. The molecule has 0 aromatic heterocycles. The first-order valence-electron chi connectivity index (χ1n) is 6.95. The van der Waals surface area contributed by atoms with Gasteiger partial charge in [0.25, 0.3) is 0 Å². The van der Waals surface area contributed by atoms with Crippen molar-refractivity contribution in [1.82, 2.24) is 4.90 Å². The average Bonchev–Trinajstić information content (AvgIpc) is 2.39. The Hall–Kier alpha value is -1.55. The van der Waals surface area contributed by atoms with E-state index in [4.69, 9.17) is 5.73 Å². The molecule has 106 valence electrons. The number of rotatable bonds is 8. The van der Waals surface area contributed by atoms with Gasteiger partial charge < -0.3 is 16.0 Å². The lowest BCUT2D eigenvalue weighted by Gasteiger charge is -2.20. The number of nitrogens with two attached hydrogens (primary N) is 1. The summed E-state index contributed by atoms with van der Waals surface area (Å²) >= 11 is 0. The van der Waals surface area contributed by atoms with Gasteiger partial charge in [-0.25, -0.2) is 0 Å². The summed E-state index contributed by atoms with van der Waals surface area (Å²) in [6.07, 6.45) is 1.17. The van der Waals surface area contributed by atoms with Crippen molar-refractivity contribution in [3.05, 3.63) is 23.8 Å². The molecule has 0 aliphatic heterocycles. The smallest absolute Gasteiger partial charge is 0.161 e. The van der Waals surface area contributed by atoms with Gasteiger partial charge in [-0.1, -0.05) is 13.8 Å². The number of anilines is 2. The van der Waals surface area contributed by atoms with Gasteiger partial charge in [-0.05, 0) is 44.6 Å². The van der Waals surface area contributed by atoms with E-state index in [1.807, 2.05) is 12.1 Å². The predicted octanol–water partition coefficient (Wildman–Crippen LogP) is 2.62. The number of hydrogen-bond acceptors (Lipinski definition) is 4. The SMILES string of the molecule is CCCN(CC)CCNc1ccc(N)c(C(C)=O)c1. The van der Waals surface area contributed by atoms with Crippen molar-refractivity contribution in [2.75, 3.05) is 37.2 Å². The molecule has 1 aromatic carbocycles. The molecule has 0 saturated heterocycles. The minimum Gasteiger partial charge on any atom is -0.398 e. The van der Waals surface area contributed by atoms with E-state index in [1.54, 1.807) is 6.07 Å². The monoisotopic (exact) mass is 263 g/mol. The second-order valence-corrected chi connectivity index (χ2v) is 4.72. The highest BCUT2D eigenvalue weighted by molar-refractivity contribution is 5.99. The molecule has 0 aliphatic carbocycles. The molecule has 0 saturated carbocycles. The molecule has 0 aliphatic rings. The van der Waals surface area contributed by atoms with Gasteiger partial charge in [0, 0.05) is 30.0 Å². The third-order valence-electron chi connectivity index (χ3n) is 3.18. The quantitative estimate of drug-likeness (QED) is 0.559. The zero-order chi connectivity index (χ0) is 14.3. The molecule has 0 amide bonds. The van der Waals surface area contributed by atoms with Crippen LogP contribution in [0.1, 0.15) is 37.6 Å². The highest BCUT2D eigenvalue weighted by Gasteiger charge is 2.06. The van der Waals surface area contributed by atoms with Crippen LogP contribution in [0.25, 0.3) is 0 Å². The molecule has 0 heterocycles. The van der Waals surface area contributed by atoms with Gasteiger partial charge in [0.2, 0.25) is 0 Å². The first kappa shape index (κ1) is 15.5. The topological polar surface area (TPSA) is 58.4 Å². The lowest BCUT2D eigenvalue weighted by molar-refractivity contribution is 0.101. The van der Waals surface area contributed by atoms with Crippen LogP contribution in [0.4, 0.5) is 11.4 Å². The molecule has 19 heavy (non-hydrogen) atoms. The second-order valence-electron chi connectivity index (χ2n) is 4.72. The van der Waals surface area contributed by atoms with Gasteiger partial charge in [0.1, 0.15) is 0 Å². The Morgan fingerprint density at radius 3 is 2.63 bits per heavy atom. The summed E-state index contributed by atoms with van der Waals surface area (Å²) in [5.41, 5.74) is 7.85. The van der Waals surface area contributed by atoms with Crippen LogP contribution in [0.3, 0.4) is 0 Å². The first-order valence-corrected chi connectivity index (χ1v) is 6.95. The summed E-state index contributed by atoms with van der Waals surface area (Å²) in [6.45, 7) is 9.96. The highest BCUT2D eigenvalue weighted by Crippen LogP contribution is 2.18. The Labute approximate surface area is 116 Å². The van der Waals surface area contributed by atoms with E-state index in [-0.39, 0.29) is 5.78 Å². The average molecular weight is 263 g/mol. The fourth-order valence-corrected chi connectivity index (χ4v) is 2.07. The highest BCUT2D eigenvalue weighted by atomic mass is 16.1. The maximum Gasteiger partial charge on any atom is 0.161 e. The Balaban J connectivity index is 2.54. The van der Waals surface area contributed by atoms with Crippen molar-refractivity contribution in [1.29, 1.82) is 0 Å². The number of nitrogen functional groups attached to an aromatic ring is 1. The Morgan fingerprint density at radius 1 is 1.32 bits per heavy atom. The van der Waals surface area contributed by atoms with Crippen LogP contribution in [0.5, 0.6) is 0 Å². The van der Waals surface area contributed by atoms with Crippen LogP contribution < -0.4 is 11.1 Å². The van der Waals surface area contributed by atoms with Crippen LogP contribution in [0.15, 0.2) is 18.2 Å². The van der Waals surface area contributed by atoms with Gasteiger partial charge in [0.05, 0.1) is 0 Å². The fourth-order valence-electron chi connectivity index (χ4n) is 2.07. The molecule has 4 heteroatoms. The van der Waals surface area contributed by atoms with Crippen LogP contribution in [0, 0.1) is 0 Å². The van der Waals surface area contributed by atoms with Crippen molar-refractivity contribution in [3.63, 3.8) is 0 Å². The van der Waals surface area contributed by atoms with Crippen molar-refractivity contribution in [3.8, 4) is 0 Å². The predicted molar refractivity (Wildman–Crippen MR) is 81.8 cm³/mol. The fraction of sp³-hybridized carbons (Fsp3) is 0.533. The van der Waals surface area contributed by atoms with Gasteiger partial charge in [-0.15, -0.1) is 0 Å². The van der Waals surface area contributed by atoms with Crippen molar-refractivity contribution in [2.24, 2.45) is 0 Å². The minimum atomic E-state index is 0.00215. The maximum atomic E-state index is 11.4. The number of benzene rings is 1. The summed E-state index contributed by atoms with van der Waals surface area (Å²) in [5.74, 6) is 0.00215. The van der Waals surface area contributed by atoms with Crippen LogP contribution >= 0.6 is 0 Å². The van der Waals surface area contributed by atoms with E-state index in [0.717, 1.165) is 31.9 Å². The molecule has 0 fully saturated rings. The van der Waals surface area contributed by atoms with E-state index < -0.39 is 0 Å². The van der Waals surface area contributed by atoms with Crippen LogP contribution in [-0.2, 0) is 0 Å². The normalized spacial score (nSPS) is 10.7. The summed E-state index contributed by atoms with van der Waals surface area (Å²) in [7, 11) is 0. The van der Waals surface area contributed by atoms with Crippen LogP contribution in [0.2, 0.25) is 0 Å². The van der Waals surface area contributed by atoms with E-state index >= 15 is 0 Å². The zero-order valence-electron chi connectivity index (χ0n) is 12.2. The first-order chi connectivity index (χ1) is 9.08. The summed E-state index contributed by atoms with van der Waals surface area (Å²) in [5, 5.41) is 3.34. The molecule has 1 aromatic rings. The number of nitrogens with one attached hydrogen (secondary N) is 1. The van der Waals surface area contributed by atoms with Gasteiger partial charge in [-0.3, -0.25) is 4.79 Å². The molecule has 3 N–H and O–H groups in total.